The molecule has 0 amide bonds. The van der Waals surface area contributed by atoms with Crippen LogP contribution in [0.25, 0.3) is 10.1 Å². The Hall–Kier alpha value is -4.78. The molecule has 7 aliphatic rings. The molecule has 2 saturated carbocycles. The Morgan fingerprint density at radius 2 is 1.07 bits per heavy atom. The third kappa shape index (κ3) is 6.05. The van der Waals surface area contributed by atoms with Crippen molar-refractivity contribution in [3.63, 3.8) is 0 Å². The van der Waals surface area contributed by atoms with Gasteiger partial charge < -0.3 is 14.7 Å². The van der Waals surface area contributed by atoms with Gasteiger partial charge in [0.1, 0.15) is 0 Å². The normalized spacial score (nSPS) is 28.4. The number of para-hydroxylation sites is 1. The quantitative estimate of drug-likeness (QED) is 0.163. The van der Waals surface area contributed by atoms with Crippen LogP contribution >= 0.6 is 22.7 Å². The van der Waals surface area contributed by atoms with Crippen molar-refractivity contribution in [1.82, 2.24) is 0 Å². The summed E-state index contributed by atoms with van der Waals surface area (Å²) in [6.45, 7) is 25.0. The van der Waals surface area contributed by atoms with Gasteiger partial charge in [-0.05, 0) is 155 Å². The summed E-state index contributed by atoms with van der Waals surface area (Å²) in [5.74, 6) is 0. The highest BCUT2D eigenvalue weighted by Crippen LogP contribution is 2.65. The molecule has 2 atom stereocenters. The zero-order valence-corrected chi connectivity index (χ0v) is 44.7. The van der Waals surface area contributed by atoms with Crippen molar-refractivity contribution in [2.45, 2.75) is 179 Å². The molecule has 5 aromatic carbocycles. The van der Waals surface area contributed by atoms with Crippen molar-refractivity contribution in [2.24, 2.45) is 0 Å². The Balaban J connectivity index is 1.30. The minimum Gasteiger partial charge on any atom is -0.334 e. The highest BCUT2D eigenvalue weighted by atomic mass is 32.1. The van der Waals surface area contributed by atoms with Crippen molar-refractivity contribution < 1.29 is 20.6 Å². The van der Waals surface area contributed by atoms with Crippen LogP contribution in [0, 0.1) is 0 Å². The molecule has 7 aromatic rings. The summed E-state index contributed by atoms with van der Waals surface area (Å²) >= 11 is 2.97. The minimum absolute atomic E-state index is 0.00568. The van der Waals surface area contributed by atoms with Gasteiger partial charge in [-0.3, -0.25) is 0 Å². The molecular weight excluding hydrogens is 886 g/mol. The molecule has 0 radical (unpaired) electrons. The summed E-state index contributed by atoms with van der Waals surface area (Å²) in [7, 11) is 0. The van der Waals surface area contributed by atoms with Gasteiger partial charge in [-0.25, -0.2) is 0 Å². The molecular formula is C64H72BN3S2. The average Bonchev–Trinajstić information content (AvgIpc) is 1.59. The molecule has 0 N–H and O–H groups in total. The molecule has 14 rings (SSSR count). The molecule has 0 spiro atoms. The SMILES string of the molecule is [2H]c1c([2H])c([2H])c2c(c1[2H])N(c1cc3c4c(c1)N(c1c([2H])c([2H])c(C(C)(C)C)c([2H])c1[2H])c1c(sc5c([2H])c([2H])c(C(C)(C)C)c([2H])c15)B4c1sc4c(c1N3c1c([2H])c([2H])c(C(C)(C)C)c([2H])c1[2H])C1(C)CCC4(C)CC1)C1(C)CCCCC21C. The number of fused-ring (bicyclic) bond motifs is 11. The van der Waals surface area contributed by atoms with Crippen molar-refractivity contribution in [3.8, 4) is 0 Å². The van der Waals surface area contributed by atoms with E-state index in [1.807, 2.05) is 79.3 Å². The third-order valence-corrected chi connectivity index (χ3v) is 20.4. The Morgan fingerprint density at radius 1 is 0.543 bits per heavy atom. The summed E-state index contributed by atoms with van der Waals surface area (Å²) < 4.78 is 150. The summed E-state index contributed by atoms with van der Waals surface area (Å²) in [4.78, 5) is 6.92. The number of nitrogens with zero attached hydrogens (tertiary/aromatic N) is 3. The number of hydrogen-bond acceptors (Lipinski definition) is 5. The molecule has 4 aliphatic carbocycles. The molecule has 2 fully saturated rings. The smallest absolute Gasteiger partial charge is 0.277 e. The first-order chi connectivity index (χ1) is 39.3. The van der Waals surface area contributed by atoms with Crippen molar-refractivity contribution >= 4 is 100.0 Å². The van der Waals surface area contributed by atoms with Crippen LogP contribution in [0.4, 0.5) is 45.5 Å². The monoisotopic (exact) mass is 973 g/mol. The van der Waals surface area contributed by atoms with E-state index < -0.39 is 45.4 Å². The fourth-order valence-corrected chi connectivity index (χ4v) is 16.3. The lowest BCUT2D eigenvalue weighted by Gasteiger charge is -2.52. The maximum Gasteiger partial charge on any atom is 0.277 e. The molecule has 3 nitrogen and oxygen atoms in total. The minimum atomic E-state index is -0.913. The number of hydrogen-bond donors (Lipinski definition) is 0. The number of benzene rings is 5. The van der Waals surface area contributed by atoms with Crippen LogP contribution in [0.15, 0.2) is 103 Å². The van der Waals surface area contributed by atoms with Gasteiger partial charge in [-0.15, -0.1) is 11.3 Å². The predicted octanol–water partition coefficient (Wildman–Crippen LogP) is 16.8. The van der Waals surface area contributed by atoms with Gasteiger partial charge in [-0.1, -0.05) is 144 Å². The Kier molecular flexibility index (Phi) is 6.54. The van der Waals surface area contributed by atoms with E-state index in [9.17, 15) is 19.2 Å². The van der Waals surface area contributed by atoms with Gasteiger partial charge in [-0.2, -0.15) is 11.3 Å². The van der Waals surface area contributed by atoms with Gasteiger partial charge in [0.25, 0.3) is 6.71 Å². The lowest BCUT2D eigenvalue weighted by molar-refractivity contribution is 0.193. The first-order valence-corrected chi connectivity index (χ1v) is 27.1. The van der Waals surface area contributed by atoms with E-state index in [-0.39, 0.29) is 113 Å². The van der Waals surface area contributed by atoms with Crippen LogP contribution in [-0.4, -0.2) is 12.3 Å². The molecule has 2 bridgehead atoms. The number of thiophene rings is 2. The van der Waals surface area contributed by atoms with Gasteiger partial charge in [0, 0.05) is 69.5 Å². The van der Waals surface area contributed by atoms with E-state index in [4.69, 9.17) is 1.37 Å². The van der Waals surface area contributed by atoms with E-state index >= 15 is 0 Å². The average molecular weight is 973 g/mol. The molecule has 2 unspecified atom stereocenters. The number of anilines is 8. The standard InChI is InChI=1S/C64H72BN3S2/c1-58(2,3)39-20-25-42(26-21-39)66-48-37-44(68-47-19-15-14-18-46(47)63(12)30-16-17-31-64(63,68)13)38-49-52(48)65(56-53(66)45-36-41(60(7,8)9)24-29-50(45)69-56)57-54(67(49)43-27-22-40(23-28-43)59(4,5)6)51-55(70-57)62(11)34-32-61(51,10)33-35-62/h14-15,18-29,36-38H,16-17,30-35H2,1-13H3/i14D,15D,18D,19D,20D,21D,22D,23D,24D,25D,26D,27D,28D,29D,36D. The van der Waals surface area contributed by atoms with Crippen LogP contribution in [0.5, 0.6) is 0 Å². The fourth-order valence-electron chi connectivity index (χ4n) is 13.2. The molecule has 358 valence electrons. The van der Waals surface area contributed by atoms with Crippen molar-refractivity contribution in [2.75, 3.05) is 14.7 Å². The van der Waals surface area contributed by atoms with Crippen LogP contribution in [-0.2, 0) is 32.5 Å². The molecule has 3 aliphatic heterocycles. The van der Waals surface area contributed by atoms with E-state index in [0.717, 1.165) is 54.6 Å². The Labute approximate surface area is 448 Å². The first-order valence-electron chi connectivity index (χ1n) is 33.0. The summed E-state index contributed by atoms with van der Waals surface area (Å²) in [5.41, 5.74) is 0.735. The topological polar surface area (TPSA) is 9.72 Å². The molecule has 0 saturated heterocycles. The fraction of sp³-hybridized carbons (Fsp3) is 0.438. The molecule has 2 aromatic heterocycles. The van der Waals surface area contributed by atoms with Gasteiger partial charge >= 0.3 is 0 Å². The van der Waals surface area contributed by atoms with E-state index in [1.54, 1.807) is 16.2 Å². The number of rotatable bonds is 3. The molecule has 6 heteroatoms. The van der Waals surface area contributed by atoms with E-state index in [2.05, 4.69) is 32.6 Å². The van der Waals surface area contributed by atoms with Crippen LogP contribution in [0.2, 0.25) is 0 Å². The largest absolute Gasteiger partial charge is 0.334 e. The zero-order chi connectivity index (χ0) is 61.9. The summed E-state index contributed by atoms with van der Waals surface area (Å²) in [6, 6.07) is 0.629. The van der Waals surface area contributed by atoms with Gasteiger partial charge in [0.15, 0.2) is 0 Å². The first kappa shape index (κ1) is 31.6. The Morgan fingerprint density at radius 3 is 1.67 bits per heavy atom. The molecule has 70 heavy (non-hydrogen) atoms. The van der Waals surface area contributed by atoms with Gasteiger partial charge in [0.2, 0.25) is 0 Å². The van der Waals surface area contributed by atoms with Crippen molar-refractivity contribution in [1.29, 1.82) is 0 Å². The third-order valence-electron chi connectivity index (χ3n) is 17.7. The summed E-state index contributed by atoms with van der Waals surface area (Å²) in [5, 5.41) is 0.328. The van der Waals surface area contributed by atoms with Crippen molar-refractivity contribution in [3.05, 3.63) is 135 Å². The highest BCUT2D eigenvalue weighted by Gasteiger charge is 2.59. The summed E-state index contributed by atoms with van der Waals surface area (Å²) in [6.07, 6.45) is 6.33. The second-order valence-electron chi connectivity index (χ2n) is 25.5. The second-order valence-corrected chi connectivity index (χ2v) is 27.6. The lowest BCUT2D eigenvalue weighted by atomic mass is 9.38. The van der Waals surface area contributed by atoms with Crippen LogP contribution in [0.3, 0.4) is 0 Å². The Bertz CT molecular complexity index is 4160. The molecule has 5 heterocycles. The van der Waals surface area contributed by atoms with Crippen LogP contribution < -0.4 is 29.7 Å². The second kappa shape index (κ2) is 14.5. The zero-order valence-electron chi connectivity index (χ0n) is 58.0. The highest BCUT2D eigenvalue weighted by molar-refractivity contribution is 7.39. The predicted molar refractivity (Wildman–Crippen MR) is 306 cm³/mol. The lowest BCUT2D eigenvalue weighted by Crippen LogP contribution is -2.60. The van der Waals surface area contributed by atoms with Crippen LogP contribution in [0.1, 0.15) is 195 Å². The maximum absolute atomic E-state index is 10.4. The van der Waals surface area contributed by atoms with Gasteiger partial charge in [0.05, 0.1) is 37.5 Å². The maximum atomic E-state index is 10.4. The van der Waals surface area contributed by atoms with E-state index in [0.29, 0.717) is 72.7 Å². The van der Waals surface area contributed by atoms with E-state index in [1.165, 1.54) is 16.2 Å².